The summed E-state index contributed by atoms with van der Waals surface area (Å²) in [6.45, 7) is 2.58. The summed E-state index contributed by atoms with van der Waals surface area (Å²) in [4.78, 5) is 15.7. The normalized spacial score (nSPS) is 21.7. The molecule has 0 unspecified atom stereocenters. The average Bonchev–Trinajstić information content (AvgIpc) is 3.12. The van der Waals surface area contributed by atoms with E-state index in [1.54, 1.807) is 12.3 Å². The Kier molecular flexibility index (Phi) is 3.37. The molecular weight excluding hydrogens is 328 g/mol. The van der Waals surface area contributed by atoms with Crippen molar-refractivity contribution in [3.05, 3.63) is 41.7 Å². The maximum atomic E-state index is 9.85. The van der Waals surface area contributed by atoms with E-state index in [-0.39, 0.29) is 18.0 Å². The van der Waals surface area contributed by atoms with E-state index in [1.165, 1.54) is 5.56 Å². The summed E-state index contributed by atoms with van der Waals surface area (Å²) in [6, 6.07) is 7.84. The minimum atomic E-state index is -0.313. The van der Waals surface area contributed by atoms with Crippen molar-refractivity contribution < 1.29 is 10.2 Å². The van der Waals surface area contributed by atoms with Crippen LogP contribution in [0.5, 0.6) is 5.88 Å². The summed E-state index contributed by atoms with van der Waals surface area (Å²) in [5.74, 6) is 0.725. The third kappa shape index (κ3) is 2.33. The fourth-order valence-corrected chi connectivity index (χ4v) is 3.92. The van der Waals surface area contributed by atoms with Crippen molar-refractivity contribution in [1.29, 1.82) is 0 Å². The Labute approximate surface area is 151 Å². The van der Waals surface area contributed by atoms with Gasteiger partial charge in [-0.1, -0.05) is 12.1 Å². The number of aliphatic hydroxyl groups is 1. The van der Waals surface area contributed by atoms with Crippen molar-refractivity contribution in [3.8, 4) is 17.1 Å². The zero-order valence-electron chi connectivity index (χ0n) is 14.6. The van der Waals surface area contributed by atoms with Crippen LogP contribution in [0.3, 0.4) is 0 Å². The first-order valence-electron chi connectivity index (χ1n) is 9.04. The molecule has 6 nitrogen and oxygen atoms in total. The Morgan fingerprint density at radius 3 is 2.81 bits per heavy atom. The second-order valence-corrected chi connectivity index (χ2v) is 7.22. The zero-order valence-corrected chi connectivity index (χ0v) is 14.6. The Morgan fingerprint density at radius 1 is 1.12 bits per heavy atom. The second kappa shape index (κ2) is 5.64. The number of hydrogen-bond donors (Lipinski definition) is 2. The molecule has 26 heavy (non-hydrogen) atoms. The van der Waals surface area contributed by atoms with Crippen LogP contribution in [0.4, 0.5) is 5.95 Å². The fraction of sp³-hybridized carbons (Fsp3) is 0.350. The number of benzene rings is 1. The van der Waals surface area contributed by atoms with Crippen LogP contribution in [0.25, 0.3) is 22.0 Å². The smallest absolute Gasteiger partial charge is 0.226 e. The SMILES string of the molecule is C[C@H]1[C@H](O)CN1c1nc2c(c(-c3ccc4cnc(O)cc4c3)n1)CCC2. The van der Waals surface area contributed by atoms with E-state index < -0.39 is 0 Å². The molecule has 2 aromatic heterocycles. The topological polar surface area (TPSA) is 82.4 Å². The van der Waals surface area contributed by atoms with E-state index in [4.69, 9.17) is 9.97 Å². The molecule has 1 saturated heterocycles. The van der Waals surface area contributed by atoms with Crippen molar-refractivity contribution in [2.24, 2.45) is 0 Å². The minimum Gasteiger partial charge on any atom is -0.493 e. The van der Waals surface area contributed by atoms with Gasteiger partial charge < -0.3 is 15.1 Å². The largest absolute Gasteiger partial charge is 0.493 e. The maximum Gasteiger partial charge on any atom is 0.226 e. The Balaban J connectivity index is 1.65. The van der Waals surface area contributed by atoms with Gasteiger partial charge in [0, 0.05) is 41.0 Å². The van der Waals surface area contributed by atoms with Gasteiger partial charge >= 0.3 is 0 Å². The Morgan fingerprint density at radius 2 is 2.00 bits per heavy atom. The number of aromatic hydroxyl groups is 1. The molecule has 0 saturated carbocycles. The van der Waals surface area contributed by atoms with Crippen LogP contribution in [0.15, 0.2) is 30.5 Å². The van der Waals surface area contributed by atoms with Crippen molar-refractivity contribution >= 4 is 16.7 Å². The molecule has 5 rings (SSSR count). The third-order valence-corrected chi connectivity index (χ3v) is 5.59. The van der Waals surface area contributed by atoms with Crippen LogP contribution in [0, 0.1) is 0 Å². The van der Waals surface area contributed by atoms with Gasteiger partial charge in [0.25, 0.3) is 0 Å². The molecule has 2 atom stereocenters. The summed E-state index contributed by atoms with van der Waals surface area (Å²) in [5.41, 5.74) is 4.34. The van der Waals surface area contributed by atoms with Gasteiger partial charge in [0.15, 0.2) is 0 Å². The predicted molar refractivity (Wildman–Crippen MR) is 99.3 cm³/mol. The average molecular weight is 348 g/mol. The first-order valence-corrected chi connectivity index (χ1v) is 9.04. The van der Waals surface area contributed by atoms with Gasteiger partial charge in [-0.3, -0.25) is 0 Å². The van der Waals surface area contributed by atoms with Gasteiger partial charge in [-0.2, -0.15) is 0 Å². The van der Waals surface area contributed by atoms with Crippen molar-refractivity contribution in [2.75, 3.05) is 11.4 Å². The molecule has 132 valence electrons. The molecule has 1 fully saturated rings. The second-order valence-electron chi connectivity index (χ2n) is 7.22. The predicted octanol–water partition coefficient (Wildman–Crippen LogP) is 2.46. The molecule has 1 aliphatic carbocycles. The summed E-state index contributed by atoms with van der Waals surface area (Å²) >= 11 is 0. The molecule has 2 N–H and O–H groups in total. The molecule has 0 spiro atoms. The number of pyridine rings is 1. The van der Waals surface area contributed by atoms with Gasteiger partial charge in [0.2, 0.25) is 11.8 Å². The molecule has 0 amide bonds. The number of aromatic nitrogens is 3. The standard InChI is InChI=1S/C20H20N4O2/c1-11-17(25)10-24(11)20-22-16-4-2-3-15(16)19(23-20)12-5-6-13-9-21-18(26)8-14(13)7-12/h5-9,11,17,25H,2-4,10H2,1H3,(H,21,26)/t11-,17+/m0/s1. The number of aliphatic hydroxyl groups excluding tert-OH is 1. The maximum absolute atomic E-state index is 9.85. The number of nitrogens with zero attached hydrogens (tertiary/aromatic N) is 4. The summed E-state index contributed by atoms with van der Waals surface area (Å²) < 4.78 is 0. The molecule has 2 aliphatic rings. The summed E-state index contributed by atoms with van der Waals surface area (Å²) in [5, 5.41) is 21.5. The minimum absolute atomic E-state index is 0.0200. The highest BCUT2D eigenvalue weighted by Crippen LogP contribution is 2.35. The van der Waals surface area contributed by atoms with Gasteiger partial charge in [-0.05, 0) is 37.6 Å². The monoisotopic (exact) mass is 348 g/mol. The van der Waals surface area contributed by atoms with E-state index in [0.717, 1.165) is 47.0 Å². The lowest BCUT2D eigenvalue weighted by Crippen LogP contribution is -2.59. The molecule has 3 heterocycles. The quantitative estimate of drug-likeness (QED) is 0.740. The molecular formula is C20H20N4O2. The number of fused-ring (bicyclic) bond motifs is 2. The first kappa shape index (κ1) is 15.5. The Hall–Kier alpha value is -2.73. The van der Waals surface area contributed by atoms with Crippen LogP contribution in [0.1, 0.15) is 24.6 Å². The highest BCUT2D eigenvalue weighted by atomic mass is 16.3. The molecule has 0 bridgehead atoms. The third-order valence-electron chi connectivity index (χ3n) is 5.59. The summed E-state index contributed by atoms with van der Waals surface area (Å²) in [6.07, 6.45) is 4.42. The number of rotatable bonds is 2. The van der Waals surface area contributed by atoms with Crippen molar-refractivity contribution in [2.45, 2.75) is 38.3 Å². The van der Waals surface area contributed by atoms with E-state index in [9.17, 15) is 10.2 Å². The lowest BCUT2D eigenvalue weighted by Gasteiger charge is -2.43. The van der Waals surface area contributed by atoms with E-state index in [2.05, 4.69) is 22.0 Å². The number of aryl methyl sites for hydroxylation is 1. The van der Waals surface area contributed by atoms with Gasteiger partial charge in [-0.15, -0.1) is 0 Å². The van der Waals surface area contributed by atoms with Gasteiger partial charge in [0.05, 0.1) is 17.8 Å². The van der Waals surface area contributed by atoms with E-state index in [0.29, 0.717) is 12.5 Å². The van der Waals surface area contributed by atoms with E-state index in [1.807, 2.05) is 13.0 Å². The van der Waals surface area contributed by atoms with Crippen LogP contribution in [0.2, 0.25) is 0 Å². The molecule has 1 aromatic carbocycles. The van der Waals surface area contributed by atoms with Crippen LogP contribution in [-0.4, -0.2) is 43.9 Å². The fourth-order valence-electron chi connectivity index (χ4n) is 3.92. The lowest BCUT2D eigenvalue weighted by molar-refractivity contribution is 0.0979. The molecule has 3 aromatic rings. The van der Waals surface area contributed by atoms with Crippen LogP contribution in [-0.2, 0) is 12.8 Å². The Bertz CT molecular complexity index is 1020. The highest BCUT2D eigenvalue weighted by molar-refractivity contribution is 5.87. The van der Waals surface area contributed by atoms with Gasteiger partial charge in [0.1, 0.15) is 0 Å². The van der Waals surface area contributed by atoms with E-state index >= 15 is 0 Å². The molecule has 1 aliphatic heterocycles. The zero-order chi connectivity index (χ0) is 17.8. The number of anilines is 1. The number of hydrogen-bond acceptors (Lipinski definition) is 6. The van der Waals surface area contributed by atoms with Crippen molar-refractivity contribution in [1.82, 2.24) is 15.0 Å². The molecule has 6 heteroatoms. The van der Waals surface area contributed by atoms with Gasteiger partial charge in [-0.25, -0.2) is 15.0 Å². The molecule has 0 radical (unpaired) electrons. The first-order chi connectivity index (χ1) is 12.6. The highest BCUT2D eigenvalue weighted by Gasteiger charge is 2.36. The van der Waals surface area contributed by atoms with Crippen molar-refractivity contribution in [3.63, 3.8) is 0 Å². The lowest BCUT2D eigenvalue weighted by atomic mass is 10.0. The van der Waals surface area contributed by atoms with Crippen LogP contribution < -0.4 is 4.90 Å². The summed E-state index contributed by atoms with van der Waals surface area (Å²) in [7, 11) is 0. The number of β-amino-alcohol motifs (C(OH)–C–C–N with tert-alkyl or cyclic N) is 1. The van der Waals surface area contributed by atoms with Crippen LogP contribution >= 0.6 is 0 Å².